The molecule has 0 radical (unpaired) electrons. The van der Waals surface area contributed by atoms with Gasteiger partial charge in [-0.2, -0.15) is 0 Å². The van der Waals surface area contributed by atoms with Crippen LogP contribution >= 0.6 is 11.8 Å². The number of carbonyl (C=O) groups excluding carboxylic acids is 1. The molecule has 0 bridgehead atoms. The fourth-order valence-electron chi connectivity index (χ4n) is 3.26. The number of rotatable bonds is 4. The van der Waals surface area contributed by atoms with Crippen LogP contribution in [0.5, 0.6) is 0 Å². The van der Waals surface area contributed by atoms with Gasteiger partial charge in [0.25, 0.3) is 0 Å². The summed E-state index contributed by atoms with van der Waals surface area (Å²) in [5, 5.41) is 3.48. The number of carbonyl (C=O) groups is 1. The summed E-state index contributed by atoms with van der Waals surface area (Å²) >= 11 is 1.25. The van der Waals surface area contributed by atoms with E-state index in [1.807, 2.05) is 38.1 Å². The summed E-state index contributed by atoms with van der Waals surface area (Å²) < 4.78 is 13.5. The fraction of sp³-hybridized carbons (Fsp3) is 0.174. The maximum absolute atomic E-state index is 13.5. The largest absolute Gasteiger partial charge is 0.313 e. The predicted molar refractivity (Wildman–Crippen MR) is 121 cm³/mol. The highest BCUT2D eigenvalue weighted by Crippen LogP contribution is 2.34. The molecule has 31 heavy (non-hydrogen) atoms. The number of thioether (sulfide) groups is 1. The normalized spacial score (nSPS) is 15.4. The van der Waals surface area contributed by atoms with Crippen molar-refractivity contribution in [1.29, 1.82) is 0 Å². The third-order valence-electron chi connectivity index (χ3n) is 4.69. The van der Waals surface area contributed by atoms with E-state index in [9.17, 15) is 9.18 Å². The number of aryl methyl sites for hydroxylation is 1. The van der Waals surface area contributed by atoms with Crippen LogP contribution in [0.4, 0.5) is 15.8 Å². The standard InChI is InChI=1S/C23H20FN5OS/c1-14-11-12-25-23(26-14)31-13-20(30)29-22-21(16-7-9-17(24)10-8-16)15(2)27-18-5-3-4-6-19(18)28-22/h3-12,21H,13H2,1-2H3,(H,28,29,30)/t21-/m1/s1. The maximum Gasteiger partial charge on any atom is 0.235 e. The zero-order chi connectivity index (χ0) is 21.8. The van der Waals surface area contributed by atoms with Gasteiger partial charge in [-0.05, 0) is 49.7 Å². The first-order valence-electron chi connectivity index (χ1n) is 9.70. The second-order valence-corrected chi connectivity index (χ2v) is 7.98. The lowest BCUT2D eigenvalue weighted by atomic mass is 9.93. The van der Waals surface area contributed by atoms with Crippen molar-refractivity contribution < 1.29 is 9.18 Å². The van der Waals surface area contributed by atoms with Gasteiger partial charge in [-0.3, -0.25) is 9.79 Å². The highest BCUT2D eigenvalue weighted by Gasteiger charge is 2.26. The molecule has 2 heterocycles. The summed E-state index contributed by atoms with van der Waals surface area (Å²) in [5.74, 6) is -0.373. The molecule has 8 heteroatoms. The number of aromatic nitrogens is 2. The SMILES string of the molecule is CC1=Nc2ccccc2N=C(NC(=O)CSc2nccc(C)n2)[C@H]1c1ccc(F)cc1. The smallest absolute Gasteiger partial charge is 0.235 e. The quantitative estimate of drug-likeness (QED) is 0.476. The van der Waals surface area contributed by atoms with Crippen LogP contribution in [0.3, 0.4) is 0 Å². The van der Waals surface area contributed by atoms with Gasteiger partial charge in [0.1, 0.15) is 11.7 Å². The number of nitrogens with zero attached hydrogens (tertiary/aromatic N) is 4. The summed E-state index contributed by atoms with van der Waals surface area (Å²) in [6.07, 6.45) is 1.67. The first-order valence-corrected chi connectivity index (χ1v) is 10.7. The van der Waals surface area contributed by atoms with Crippen LogP contribution in [0, 0.1) is 12.7 Å². The minimum absolute atomic E-state index is 0.135. The number of fused-ring (bicyclic) bond motifs is 1. The number of halogens is 1. The Morgan fingerprint density at radius 3 is 2.45 bits per heavy atom. The first kappa shape index (κ1) is 20.9. The van der Waals surface area contributed by atoms with Crippen LogP contribution in [0.25, 0.3) is 0 Å². The summed E-state index contributed by atoms with van der Waals surface area (Å²) in [6, 6.07) is 15.4. The van der Waals surface area contributed by atoms with Crippen molar-refractivity contribution in [3.8, 4) is 0 Å². The fourth-order valence-corrected chi connectivity index (χ4v) is 3.94. The molecule has 156 valence electrons. The predicted octanol–water partition coefficient (Wildman–Crippen LogP) is 4.75. The second kappa shape index (κ2) is 9.18. The number of amidine groups is 1. The van der Waals surface area contributed by atoms with Gasteiger partial charge < -0.3 is 5.32 Å². The Morgan fingerprint density at radius 2 is 1.74 bits per heavy atom. The Hall–Kier alpha value is -3.39. The first-order chi connectivity index (χ1) is 15.0. The van der Waals surface area contributed by atoms with Crippen LogP contribution in [0.2, 0.25) is 0 Å². The number of hydrogen-bond acceptors (Lipinski definition) is 6. The van der Waals surface area contributed by atoms with Gasteiger partial charge >= 0.3 is 0 Å². The maximum atomic E-state index is 13.5. The van der Waals surface area contributed by atoms with E-state index in [4.69, 9.17) is 9.98 Å². The van der Waals surface area contributed by atoms with Crippen LogP contribution in [-0.2, 0) is 4.79 Å². The minimum Gasteiger partial charge on any atom is -0.313 e. The monoisotopic (exact) mass is 433 g/mol. The van der Waals surface area contributed by atoms with Crippen LogP contribution in [0.1, 0.15) is 24.1 Å². The lowest BCUT2D eigenvalue weighted by molar-refractivity contribution is -0.117. The molecule has 1 amide bonds. The number of aliphatic imine (C=N–C) groups is 2. The third-order valence-corrected chi connectivity index (χ3v) is 5.55. The molecule has 0 saturated heterocycles. The molecule has 0 saturated carbocycles. The van der Waals surface area contributed by atoms with Gasteiger partial charge in [-0.25, -0.2) is 19.4 Å². The average molecular weight is 434 g/mol. The molecule has 1 aliphatic rings. The summed E-state index contributed by atoms with van der Waals surface area (Å²) in [5.41, 5.74) is 3.77. The van der Waals surface area contributed by atoms with E-state index in [0.29, 0.717) is 16.7 Å². The topological polar surface area (TPSA) is 79.6 Å². The van der Waals surface area contributed by atoms with E-state index in [1.54, 1.807) is 24.4 Å². The van der Waals surface area contributed by atoms with Gasteiger partial charge in [0.05, 0.1) is 23.0 Å². The molecule has 3 aromatic rings. The van der Waals surface area contributed by atoms with Crippen molar-refractivity contribution in [1.82, 2.24) is 15.3 Å². The zero-order valence-electron chi connectivity index (χ0n) is 17.0. The van der Waals surface area contributed by atoms with Crippen molar-refractivity contribution in [2.24, 2.45) is 9.98 Å². The molecule has 1 atom stereocenters. The molecule has 1 N–H and O–H groups in total. The lowest BCUT2D eigenvalue weighted by Gasteiger charge is -2.19. The Labute approximate surface area is 183 Å². The van der Waals surface area contributed by atoms with Gasteiger partial charge in [0.15, 0.2) is 5.16 Å². The van der Waals surface area contributed by atoms with Crippen molar-refractivity contribution in [3.05, 3.63) is 77.9 Å². The number of hydrogen-bond donors (Lipinski definition) is 1. The molecule has 1 aliphatic heterocycles. The molecule has 0 unspecified atom stereocenters. The number of para-hydroxylation sites is 2. The van der Waals surface area contributed by atoms with Crippen LogP contribution in [0.15, 0.2) is 75.9 Å². The van der Waals surface area contributed by atoms with Crippen LogP contribution in [-0.4, -0.2) is 33.2 Å². The zero-order valence-corrected chi connectivity index (χ0v) is 17.9. The number of benzene rings is 2. The molecule has 2 aromatic carbocycles. The molecule has 6 nitrogen and oxygen atoms in total. The van der Waals surface area contributed by atoms with Crippen molar-refractivity contribution in [2.75, 3.05) is 5.75 Å². The molecular weight excluding hydrogens is 413 g/mol. The highest BCUT2D eigenvalue weighted by atomic mass is 32.2. The molecule has 0 aliphatic carbocycles. The van der Waals surface area contributed by atoms with E-state index in [-0.39, 0.29) is 17.5 Å². The van der Waals surface area contributed by atoms with Crippen molar-refractivity contribution in [3.63, 3.8) is 0 Å². The van der Waals surface area contributed by atoms with Gasteiger partial charge in [0, 0.05) is 17.6 Å². The van der Waals surface area contributed by atoms with Gasteiger partial charge in [0.2, 0.25) is 5.91 Å². The average Bonchev–Trinajstić information content (AvgIpc) is 2.88. The molecule has 0 spiro atoms. The van der Waals surface area contributed by atoms with E-state index in [2.05, 4.69) is 15.3 Å². The van der Waals surface area contributed by atoms with E-state index in [0.717, 1.165) is 22.7 Å². The molecule has 4 rings (SSSR count). The number of nitrogens with one attached hydrogen (secondary N) is 1. The Bertz CT molecular complexity index is 1180. The van der Waals surface area contributed by atoms with E-state index >= 15 is 0 Å². The summed E-state index contributed by atoms with van der Waals surface area (Å²) in [7, 11) is 0. The van der Waals surface area contributed by atoms with Crippen LogP contribution < -0.4 is 5.32 Å². The number of amides is 1. The molecular formula is C23H20FN5OS. The highest BCUT2D eigenvalue weighted by molar-refractivity contribution is 7.99. The van der Waals surface area contributed by atoms with Gasteiger partial charge in [-0.1, -0.05) is 36.0 Å². The molecule has 0 fully saturated rings. The summed E-state index contributed by atoms with van der Waals surface area (Å²) in [6.45, 7) is 3.76. The summed E-state index contributed by atoms with van der Waals surface area (Å²) in [4.78, 5) is 30.7. The van der Waals surface area contributed by atoms with Crippen molar-refractivity contribution in [2.45, 2.75) is 24.9 Å². The minimum atomic E-state index is -0.405. The van der Waals surface area contributed by atoms with Gasteiger partial charge in [-0.15, -0.1) is 0 Å². The Balaban J connectivity index is 1.62. The second-order valence-electron chi connectivity index (χ2n) is 7.04. The third kappa shape index (κ3) is 5.03. The Kier molecular flexibility index (Phi) is 6.18. The lowest BCUT2D eigenvalue weighted by Crippen LogP contribution is -2.38. The van der Waals surface area contributed by atoms with Crippen molar-refractivity contribution >= 4 is 40.6 Å². The van der Waals surface area contributed by atoms with E-state index < -0.39 is 5.92 Å². The Morgan fingerprint density at radius 1 is 1.03 bits per heavy atom. The van der Waals surface area contributed by atoms with E-state index in [1.165, 1.54) is 23.9 Å². The molecule has 1 aromatic heterocycles.